The van der Waals surface area contributed by atoms with Crippen LogP contribution in [0.5, 0.6) is 5.75 Å². The van der Waals surface area contributed by atoms with Crippen molar-refractivity contribution in [2.45, 2.75) is 45.1 Å². The summed E-state index contributed by atoms with van der Waals surface area (Å²) in [5, 5.41) is 12.3. The van der Waals surface area contributed by atoms with Crippen LogP contribution < -0.4 is 10.1 Å². The SMILES string of the molecule is CC(CCOc1ccccc1)C(=O)NC1CCC(CO)CC1. The highest BCUT2D eigenvalue weighted by Gasteiger charge is 2.23. The molecular formula is C18H27NO3. The molecule has 2 N–H and O–H groups in total. The molecule has 1 atom stereocenters. The molecule has 0 bridgehead atoms. The Bertz CT molecular complexity index is 441. The lowest BCUT2D eigenvalue weighted by atomic mass is 9.86. The van der Waals surface area contributed by atoms with Crippen molar-refractivity contribution in [3.8, 4) is 5.75 Å². The molecule has 1 fully saturated rings. The molecule has 0 spiro atoms. The first-order chi connectivity index (χ1) is 10.7. The molecule has 1 unspecified atom stereocenters. The molecule has 1 amide bonds. The smallest absolute Gasteiger partial charge is 0.223 e. The summed E-state index contributed by atoms with van der Waals surface area (Å²) in [6.45, 7) is 2.77. The number of amides is 1. The Morgan fingerprint density at radius 2 is 1.95 bits per heavy atom. The highest BCUT2D eigenvalue weighted by atomic mass is 16.5. The van der Waals surface area contributed by atoms with Gasteiger partial charge in [0, 0.05) is 18.6 Å². The van der Waals surface area contributed by atoms with E-state index in [1.165, 1.54) is 0 Å². The molecule has 22 heavy (non-hydrogen) atoms. The number of carbonyl (C=O) groups is 1. The van der Waals surface area contributed by atoms with Crippen molar-refractivity contribution >= 4 is 5.91 Å². The van der Waals surface area contributed by atoms with Crippen LogP contribution in [0.15, 0.2) is 30.3 Å². The molecule has 0 saturated heterocycles. The molecule has 1 aliphatic rings. The van der Waals surface area contributed by atoms with Gasteiger partial charge in [0.15, 0.2) is 0 Å². The second-order valence-corrected chi connectivity index (χ2v) is 6.26. The van der Waals surface area contributed by atoms with Gasteiger partial charge in [0.25, 0.3) is 0 Å². The van der Waals surface area contributed by atoms with Crippen LogP contribution in [0.2, 0.25) is 0 Å². The van der Waals surface area contributed by atoms with Gasteiger partial charge in [0.05, 0.1) is 6.61 Å². The molecule has 4 nitrogen and oxygen atoms in total. The Balaban J connectivity index is 1.64. The van der Waals surface area contributed by atoms with E-state index >= 15 is 0 Å². The Kier molecular flexibility index (Phi) is 6.72. The van der Waals surface area contributed by atoms with Crippen LogP contribution in [0.1, 0.15) is 39.0 Å². The number of ether oxygens (including phenoxy) is 1. The Morgan fingerprint density at radius 3 is 2.59 bits per heavy atom. The number of rotatable bonds is 7. The number of nitrogens with one attached hydrogen (secondary N) is 1. The van der Waals surface area contributed by atoms with Gasteiger partial charge in [-0.05, 0) is 50.2 Å². The van der Waals surface area contributed by atoms with Crippen molar-refractivity contribution < 1.29 is 14.6 Å². The fraction of sp³-hybridized carbons (Fsp3) is 0.611. The van der Waals surface area contributed by atoms with Gasteiger partial charge in [-0.3, -0.25) is 4.79 Å². The van der Waals surface area contributed by atoms with E-state index in [0.717, 1.165) is 31.4 Å². The van der Waals surface area contributed by atoms with E-state index in [-0.39, 0.29) is 24.5 Å². The first-order valence-corrected chi connectivity index (χ1v) is 8.28. The number of hydrogen-bond acceptors (Lipinski definition) is 3. The summed E-state index contributed by atoms with van der Waals surface area (Å²) in [4.78, 5) is 12.2. The lowest BCUT2D eigenvalue weighted by Gasteiger charge is -2.28. The zero-order valence-electron chi connectivity index (χ0n) is 13.3. The largest absolute Gasteiger partial charge is 0.494 e. The van der Waals surface area contributed by atoms with E-state index in [4.69, 9.17) is 9.84 Å². The number of hydrogen-bond donors (Lipinski definition) is 2. The fourth-order valence-corrected chi connectivity index (χ4v) is 2.83. The summed E-state index contributed by atoms with van der Waals surface area (Å²) in [6, 6.07) is 9.94. The molecule has 122 valence electrons. The average molecular weight is 305 g/mol. The molecule has 1 aromatic rings. The predicted octanol–water partition coefficient (Wildman–Crippen LogP) is 2.76. The van der Waals surface area contributed by atoms with Crippen molar-refractivity contribution in [3.05, 3.63) is 30.3 Å². The lowest BCUT2D eigenvalue weighted by molar-refractivity contribution is -0.125. The van der Waals surface area contributed by atoms with Gasteiger partial charge >= 0.3 is 0 Å². The molecular weight excluding hydrogens is 278 g/mol. The van der Waals surface area contributed by atoms with Crippen LogP contribution in [-0.4, -0.2) is 30.3 Å². The molecule has 1 aliphatic carbocycles. The highest BCUT2D eigenvalue weighted by Crippen LogP contribution is 2.24. The van der Waals surface area contributed by atoms with E-state index in [1.807, 2.05) is 37.3 Å². The average Bonchev–Trinajstić information content (AvgIpc) is 2.56. The highest BCUT2D eigenvalue weighted by molar-refractivity contribution is 5.78. The third-order valence-corrected chi connectivity index (χ3v) is 4.46. The van der Waals surface area contributed by atoms with Gasteiger partial charge in [-0.25, -0.2) is 0 Å². The number of carbonyl (C=O) groups excluding carboxylic acids is 1. The Labute approximate surface area is 132 Å². The van der Waals surface area contributed by atoms with E-state index in [0.29, 0.717) is 18.9 Å². The Hall–Kier alpha value is -1.55. The number of aliphatic hydroxyl groups is 1. The quantitative estimate of drug-likeness (QED) is 0.814. The number of aliphatic hydroxyl groups excluding tert-OH is 1. The van der Waals surface area contributed by atoms with Gasteiger partial charge < -0.3 is 15.2 Å². The molecule has 0 heterocycles. The minimum atomic E-state index is -0.0423. The lowest BCUT2D eigenvalue weighted by Crippen LogP contribution is -2.40. The van der Waals surface area contributed by atoms with Crippen LogP contribution >= 0.6 is 0 Å². The van der Waals surface area contributed by atoms with Gasteiger partial charge in [-0.15, -0.1) is 0 Å². The van der Waals surface area contributed by atoms with Crippen LogP contribution in [-0.2, 0) is 4.79 Å². The first kappa shape index (κ1) is 16.8. The fourth-order valence-electron chi connectivity index (χ4n) is 2.83. The molecule has 0 aromatic heterocycles. The molecule has 0 radical (unpaired) electrons. The third-order valence-electron chi connectivity index (χ3n) is 4.46. The zero-order chi connectivity index (χ0) is 15.8. The van der Waals surface area contributed by atoms with Crippen molar-refractivity contribution in [1.82, 2.24) is 5.32 Å². The number of benzene rings is 1. The van der Waals surface area contributed by atoms with E-state index < -0.39 is 0 Å². The van der Waals surface area contributed by atoms with Gasteiger partial charge in [0.2, 0.25) is 5.91 Å². The van der Waals surface area contributed by atoms with Crippen LogP contribution in [0.4, 0.5) is 0 Å². The third kappa shape index (κ3) is 5.34. The second-order valence-electron chi connectivity index (χ2n) is 6.26. The summed E-state index contributed by atoms with van der Waals surface area (Å²) < 4.78 is 5.64. The zero-order valence-corrected chi connectivity index (χ0v) is 13.3. The van der Waals surface area contributed by atoms with E-state index in [9.17, 15) is 4.79 Å². The topological polar surface area (TPSA) is 58.6 Å². The van der Waals surface area contributed by atoms with Crippen LogP contribution in [0.25, 0.3) is 0 Å². The maximum atomic E-state index is 12.2. The standard InChI is InChI=1S/C18H27NO3/c1-14(11-12-22-17-5-3-2-4-6-17)18(21)19-16-9-7-15(13-20)8-10-16/h2-6,14-16,20H,7-13H2,1H3,(H,19,21). The monoisotopic (exact) mass is 305 g/mol. The van der Waals surface area contributed by atoms with Crippen molar-refractivity contribution in [1.29, 1.82) is 0 Å². The van der Waals surface area contributed by atoms with Gasteiger partial charge in [-0.2, -0.15) is 0 Å². The van der Waals surface area contributed by atoms with Crippen molar-refractivity contribution in [2.24, 2.45) is 11.8 Å². The minimum Gasteiger partial charge on any atom is -0.494 e. The summed E-state index contributed by atoms with van der Waals surface area (Å²) in [5.41, 5.74) is 0. The first-order valence-electron chi connectivity index (χ1n) is 8.28. The van der Waals surface area contributed by atoms with Gasteiger partial charge in [-0.1, -0.05) is 25.1 Å². The van der Waals surface area contributed by atoms with E-state index in [2.05, 4.69) is 5.32 Å². The maximum absolute atomic E-state index is 12.2. The summed E-state index contributed by atoms with van der Waals surface area (Å²) in [5.74, 6) is 1.34. The van der Waals surface area contributed by atoms with Crippen LogP contribution in [0.3, 0.4) is 0 Å². The van der Waals surface area contributed by atoms with Crippen molar-refractivity contribution in [2.75, 3.05) is 13.2 Å². The Morgan fingerprint density at radius 1 is 1.27 bits per heavy atom. The number of para-hydroxylation sites is 1. The molecule has 4 heteroatoms. The molecule has 0 aliphatic heterocycles. The maximum Gasteiger partial charge on any atom is 0.223 e. The second kappa shape index (κ2) is 8.79. The predicted molar refractivity (Wildman–Crippen MR) is 86.7 cm³/mol. The molecule has 1 aromatic carbocycles. The van der Waals surface area contributed by atoms with Crippen molar-refractivity contribution in [3.63, 3.8) is 0 Å². The minimum absolute atomic E-state index is 0.0423. The summed E-state index contributed by atoms with van der Waals surface area (Å²) >= 11 is 0. The summed E-state index contributed by atoms with van der Waals surface area (Å²) in [7, 11) is 0. The van der Waals surface area contributed by atoms with E-state index in [1.54, 1.807) is 0 Å². The summed E-state index contributed by atoms with van der Waals surface area (Å²) in [6.07, 6.45) is 4.68. The molecule has 1 saturated carbocycles. The van der Waals surface area contributed by atoms with Gasteiger partial charge in [0.1, 0.15) is 5.75 Å². The normalized spacial score (nSPS) is 22.8. The van der Waals surface area contributed by atoms with Crippen LogP contribution in [0, 0.1) is 11.8 Å². The molecule has 2 rings (SSSR count).